The van der Waals surface area contributed by atoms with Gasteiger partial charge < -0.3 is 10.4 Å². The molecule has 0 aliphatic rings. The molecule has 6 heteroatoms. The highest BCUT2D eigenvalue weighted by atomic mass is 19.1. The lowest BCUT2D eigenvalue weighted by atomic mass is 9.97. The Balaban J connectivity index is 2.12. The van der Waals surface area contributed by atoms with E-state index in [1.807, 2.05) is 27.1 Å². The number of aromatic nitrogens is 2. The monoisotopic (exact) mass is 281 g/mol. The van der Waals surface area contributed by atoms with Gasteiger partial charge in [-0.25, -0.2) is 8.78 Å². The Kier molecular flexibility index (Phi) is 3.76. The Labute approximate surface area is 116 Å². The van der Waals surface area contributed by atoms with E-state index in [1.54, 1.807) is 10.9 Å². The van der Waals surface area contributed by atoms with E-state index in [-0.39, 0.29) is 12.1 Å². The molecular formula is C14H17F2N3O. The minimum absolute atomic E-state index is 0.274. The summed E-state index contributed by atoms with van der Waals surface area (Å²) in [4.78, 5) is 0. The van der Waals surface area contributed by atoms with Crippen LogP contribution in [0.1, 0.15) is 25.0 Å². The smallest absolute Gasteiger partial charge is 0.187 e. The van der Waals surface area contributed by atoms with Gasteiger partial charge in [0, 0.05) is 30.9 Å². The van der Waals surface area contributed by atoms with Gasteiger partial charge in [-0.05, 0) is 31.5 Å². The highest BCUT2D eigenvalue weighted by molar-refractivity contribution is 5.30. The average Bonchev–Trinajstić information content (AvgIpc) is 2.81. The number of benzene rings is 1. The summed E-state index contributed by atoms with van der Waals surface area (Å²) < 4.78 is 28.2. The largest absolute Gasteiger partial charge is 0.503 e. The van der Waals surface area contributed by atoms with Crippen LogP contribution in [0.4, 0.5) is 8.78 Å². The molecule has 0 amide bonds. The predicted octanol–water partition coefficient (Wildman–Crippen LogP) is 2.43. The van der Waals surface area contributed by atoms with Crippen molar-refractivity contribution in [1.82, 2.24) is 15.1 Å². The maximum absolute atomic E-state index is 13.3. The van der Waals surface area contributed by atoms with Gasteiger partial charge in [0.1, 0.15) is 0 Å². The third kappa shape index (κ3) is 2.96. The zero-order valence-electron chi connectivity index (χ0n) is 11.6. The van der Waals surface area contributed by atoms with Crippen molar-refractivity contribution in [2.45, 2.75) is 25.9 Å². The van der Waals surface area contributed by atoms with E-state index >= 15 is 0 Å². The first kappa shape index (κ1) is 14.5. The first-order chi connectivity index (χ1) is 9.29. The zero-order chi connectivity index (χ0) is 14.9. The summed E-state index contributed by atoms with van der Waals surface area (Å²) in [5.74, 6) is -2.86. The fraction of sp³-hybridized carbons (Fsp3) is 0.357. The Morgan fingerprint density at radius 1 is 1.30 bits per heavy atom. The van der Waals surface area contributed by atoms with E-state index in [1.165, 1.54) is 0 Å². The Morgan fingerprint density at radius 2 is 1.90 bits per heavy atom. The highest BCUT2D eigenvalue weighted by Gasteiger charge is 2.21. The summed E-state index contributed by atoms with van der Waals surface area (Å²) in [5, 5.41) is 16.4. The number of hydrogen-bond donors (Lipinski definition) is 2. The van der Waals surface area contributed by atoms with Gasteiger partial charge in [0.2, 0.25) is 0 Å². The molecule has 0 unspecified atom stereocenters. The van der Waals surface area contributed by atoms with E-state index in [9.17, 15) is 8.78 Å². The molecule has 108 valence electrons. The lowest BCUT2D eigenvalue weighted by Gasteiger charge is -2.25. The van der Waals surface area contributed by atoms with Crippen LogP contribution in [0.3, 0.4) is 0 Å². The fourth-order valence-electron chi connectivity index (χ4n) is 1.89. The van der Waals surface area contributed by atoms with E-state index in [0.29, 0.717) is 5.56 Å². The number of hydrogen-bond acceptors (Lipinski definition) is 3. The van der Waals surface area contributed by atoms with Gasteiger partial charge in [0.05, 0.1) is 6.20 Å². The molecule has 4 nitrogen and oxygen atoms in total. The molecule has 0 aliphatic heterocycles. The van der Waals surface area contributed by atoms with E-state index in [4.69, 9.17) is 5.11 Å². The zero-order valence-corrected chi connectivity index (χ0v) is 11.6. The predicted molar refractivity (Wildman–Crippen MR) is 71.1 cm³/mol. The summed E-state index contributed by atoms with van der Waals surface area (Å²) in [7, 11) is 1.82. The second-order valence-corrected chi connectivity index (χ2v) is 5.29. The van der Waals surface area contributed by atoms with Crippen LogP contribution in [0.5, 0.6) is 5.75 Å². The molecule has 0 aliphatic carbocycles. The molecule has 0 saturated carbocycles. The first-order valence-electron chi connectivity index (χ1n) is 6.20. The van der Waals surface area contributed by atoms with Gasteiger partial charge in [0.15, 0.2) is 17.4 Å². The highest BCUT2D eigenvalue weighted by Crippen LogP contribution is 2.23. The van der Waals surface area contributed by atoms with Gasteiger partial charge in [0.25, 0.3) is 0 Å². The SMILES string of the molecule is Cn1cc(C(C)(C)NCc2cc(F)c(O)c(F)c2)cn1. The average molecular weight is 281 g/mol. The van der Waals surface area contributed by atoms with Crippen LogP contribution < -0.4 is 5.32 Å². The Morgan fingerprint density at radius 3 is 2.40 bits per heavy atom. The fourth-order valence-corrected chi connectivity index (χ4v) is 1.89. The topological polar surface area (TPSA) is 50.1 Å². The summed E-state index contributed by atoms with van der Waals surface area (Å²) in [6.45, 7) is 4.18. The van der Waals surface area contributed by atoms with Crippen LogP contribution in [-0.4, -0.2) is 14.9 Å². The number of phenols is 1. The lowest BCUT2D eigenvalue weighted by Crippen LogP contribution is -2.35. The van der Waals surface area contributed by atoms with Crippen molar-refractivity contribution in [1.29, 1.82) is 0 Å². The van der Waals surface area contributed by atoms with Gasteiger partial charge in [-0.2, -0.15) is 5.10 Å². The van der Waals surface area contributed by atoms with Crippen LogP contribution in [0.15, 0.2) is 24.5 Å². The lowest BCUT2D eigenvalue weighted by molar-refractivity contribution is 0.386. The number of nitrogens with zero attached hydrogens (tertiary/aromatic N) is 2. The minimum Gasteiger partial charge on any atom is -0.503 e. The number of phenolic OH excluding ortho intramolecular Hbond substituents is 1. The summed E-state index contributed by atoms with van der Waals surface area (Å²) >= 11 is 0. The molecule has 20 heavy (non-hydrogen) atoms. The molecule has 2 aromatic rings. The first-order valence-corrected chi connectivity index (χ1v) is 6.20. The molecule has 1 aromatic heterocycles. The molecule has 1 aromatic carbocycles. The van der Waals surface area contributed by atoms with Crippen LogP contribution in [0.2, 0.25) is 0 Å². The molecule has 1 heterocycles. The van der Waals surface area contributed by atoms with Crippen molar-refractivity contribution in [3.63, 3.8) is 0 Å². The second-order valence-electron chi connectivity index (χ2n) is 5.29. The molecule has 0 radical (unpaired) electrons. The van der Waals surface area contributed by atoms with Gasteiger partial charge >= 0.3 is 0 Å². The molecule has 0 bridgehead atoms. The molecule has 0 atom stereocenters. The van der Waals surface area contributed by atoms with Crippen LogP contribution >= 0.6 is 0 Å². The third-order valence-corrected chi connectivity index (χ3v) is 3.24. The van der Waals surface area contributed by atoms with Gasteiger partial charge in [-0.3, -0.25) is 4.68 Å². The van der Waals surface area contributed by atoms with Crippen molar-refractivity contribution in [2.24, 2.45) is 7.05 Å². The van der Waals surface area contributed by atoms with Crippen LogP contribution in [-0.2, 0) is 19.1 Å². The van der Waals surface area contributed by atoms with Crippen molar-refractivity contribution in [3.8, 4) is 5.75 Å². The number of nitrogens with one attached hydrogen (secondary N) is 1. The number of aromatic hydroxyl groups is 1. The number of halogens is 2. The normalized spacial score (nSPS) is 11.8. The van der Waals surface area contributed by atoms with Crippen LogP contribution in [0, 0.1) is 11.6 Å². The molecule has 0 fully saturated rings. The van der Waals surface area contributed by atoms with Gasteiger partial charge in [-0.1, -0.05) is 0 Å². The minimum atomic E-state index is -0.957. The van der Waals surface area contributed by atoms with Crippen molar-refractivity contribution >= 4 is 0 Å². The van der Waals surface area contributed by atoms with Crippen molar-refractivity contribution in [2.75, 3.05) is 0 Å². The summed E-state index contributed by atoms with van der Waals surface area (Å²) in [5.41, 5.74) is 1.01. The molecule has 0 saturated heterocycles. The maximum atomic E-state index is 13.3. The number of aryl methyl sites for hydroxylation is 1. The maximum Gasteiger partial charge on any atom is 0.187 e. The Bertz CT molecular complexity index is 600. The number of rotatable bonds is 4. The van der Waals surface area contributed by atoms with Crippen LogP contribution in [0.25, 0.3) is 0 Å². The molecule has 0 spiro atoms. The van der Waals surface area contributed by atoms with E-state index in [0.717, 1.165) is 17.7 Å². The van der Waals surface area contributed by atoms with Crippen molar-refractivity contribution in [3.05, 3.63) is 47.3 Å². The molecular weight excluding hydrogens is 264 g/mol. The van der Waals surface area contributed by atoms with E-state index in [2.05, 4.69) is 10.4 Å². The second kappa shape index (κ2) is 5.20. The van der Waals surface area contributed by atoms with Crippen molar-refractivity contribution < 1.29 is 13.9 Å². The summed E-state index contributed by atoms with van der Waals surface area (Å²) in [6.07, 6.45) is 3.62. The molecule has 2 rings (SSSR count). The standard InChI is InChI=1S/C14H17F2N3O/c1-14(2,10-7-18-19(3)8-10)17-6-9-4-11(15)13(20)12(16)5-9/h4-5,7-8,17,20H,6H2,1-3H3. The quantitative estimate of drug-likeness (QED) is 0.905. The third-order valence-electron chi connectivity index (χ3n) is 3.24. The van der Waals surface area contributed by atoms with Gasteiger partial charge in [-0.15, -0.1) is 0 Å². The summed E-state index contributed by atoms with van der Waals surface area (Å²) in [6, 6.07) is 2.23. The molecule has 2 N–H and O–H groups in total. The Hall–Kier alpha value is -1.95. The van der Waals surface area contributed by atoms with E-state index < -0.39 is 17.4 Å².